The van der Waals surface area contributed by atoms with Crippen LogP contribution in [0.5, 0.6) is 0 Å². The number of thiocarbonyl (C=S) groups is 1. The first kappa shape index (κ1) is 17.0. The van der Waals surface area contributed by atoms with Gasteiger partial charge < -0.3 is 10.6 Å². The lowest BCUT2D eigenvalue weighted by atomic mass is 10.2. The van der Waals surface area contributed by atoms with E-state index in [1.165, 1.54) is 6.07 Å². The van der Waals surface area contributed by atoms with Crippen LogP contribution in [0.2, 0.25) is 5.02 Å². The van der Waals surface area contributed by atoms with Gasteiger partial charge in [-0.25, -0.2) is 4.39 Å². The fourth-order valence-electron chi connectivity index (χ4n) is 1.69. The molecule has 1 aromatic heterocycles. The maximum atomic E-state index is 13.6. The molecule has 1 heterocycles. The van der Waals surface area contributed by atoms with E-state index in [1.807, 2.05) is 12.1 Å². The minimum absolute atomic E-state index is 0.261. The van der Waals surface area contributed by atoms with Gasteiger partial charge in [0, 0.05) is 46.7 Å². The Kier molecular flexibility index (Phi) is 6.89. The minimum Gasteiger partial charge on any atom is -0.362 e. The van der Waals surface area contributed by atoms with Crippen molar-refractivity contribution in [1.82, 2.24) is 10.3 Å². The molecule has 0 radical (unpaired) electrons. The number of aromatic nitrogens is 1. The van der Waals surface area contributed by atoms with E-state index in [4.69, 9.17) is 23.8 Å². The number of nitrogens with one attached hydrogen (secondary N) is 2. The zero-order valence-corrected chi connectivity index (χ0v) is 14.1. The monoisotopic (exact) mass is 355 g/mol. The lowest BCUT2D eigenvalue weighted by Gasteiger charge is -2.10. The molecule has 0 aliphatic heterocycles. The average Bonchev–Trinajstić information content (AvgIpc) is 2.50. The number of nitrogens with zero attached hydrogens (tertiary/aromatic N) is 1. The fraction of sp³-hybridized carbons (Fsp3) is 0.200. The van der Waals surface area contributed by atoms with Crippen LogP contribution < -0.4 is 10.6 Å². The Bertz CT molecular complexity index is 605. The van der Waals surface area contributed by atoms with E-state index in [9.17, 15) is 4.39 Å². The van der Waals surface area contributed by atoms with Crippen molar-refractivity contribution in [2.24, 2.45) is 0 Å². The molecule has 2 aromatic rings. The predicted molar refractivity (Wildman–Crippen MR) is 96.0 cm³/mol. The van der Waals surface area contributed by atoms with Crippen LogP contribution in [0.15, 0.2) is 42.7 Å². The molecule has 0 amide bonds. The Labute approximate surface area is 143 Å². The second-order valence-electron chi connectivity index (χ2n) is 4.37. The van der Waals surface area contributed by atoms with E-state index in [2.05, 4.69) is 15.6 Å². The first-order valence-electron chi connectivity index (χ1n) is 6.62. The molecular formula is C15H15ClFN3S2. The highest BCUT2D eigenvalue weighted by Gasteiger charge is 2.06. The summed E-state index contributed by atoms with van der Waals surface area (Å²) in [5.74, 6) is 1.07. The Morgan fingerprint density at radius 2 is 2.05 bits per heavy atom. The van der Waals surface area contributed by atoms with Gasteiger partial charge in [-0.05, 0) is 36.5 Å². The molecule has 22 heavy (non-hydrogen) atoms. The SMILES string of the molecule is Fc1cccc(Cl)c1CSCCNC(=S)Nc1ccncc1. The van der Waals surface area contributed by atoms with Gasteiger partial charge in [0.05, 0.1) is 0 Å². The van der Waals surface area contributed by atoms with Gasteiger partial charge in [0.15, 0.2) is 5.11 Å². The third kappa shape index (κ3) is 5.44. The highest BCUT2D eigenvalue weighted by Crippen LogP contribution is 2.23. The van der Waals surface area contributed by atoms with Gasteiger partial charge in [0.2, 0.25) is 0 Å². The number of halogens is 2. The molecule has 7 heteroatoms. The van der Waals surface area contributed by atoms with Crippen molar-refractivity contribution < 1.29 is 4.39 Å². The first-order chi connectivity index (χ1) is 10.7. The summed E-state index contributed by atoms with van der Waals surface area (Å²) in [5.41, 5.74) is 1.44. The van der Waals surface area contributed by atoms with E-state index >= 15 is 0 Å². The van der Waals surface area contributed by atoms with Crippen LogP contribution >= 0.6 is 35.6 Å². The van der Waals surface area contributed by atoms with Crippen molar-refractivity contribution in [3.8, 4) is 0 Å². The Balaban J connectivity index is 1.66. The molecule has 0 spiro atoms. The normalized spacial score (nSPS) is 10.3. The lowest BCUT2D eigenvalue weighted by Crippen LogP contribution is -2.30. The third-order valence-corrected chi connectivity index (χ3v) is 4.36. The Morgan fingerprint density at radius 3 is 2.77 bits per heavy atom. The molecule has 0 saturated carbocycles. The molecule has 0 bridgehead atoms. The predicted octanol–water partition coefficient (Wildman–Crippen LogP) is 4.09. The molecule has 116 valence electrons. The van der Waals surface area contributed by atoms with Gasteiger partial charge in [-0.15, -0.1) is 0 Å². The molecule has 3 nitrogen and oxygen atoms in total. The topological polar surface area (TPSA) is 37.0 Å². The second kappa shape index (κ2) is 8.92. The number of hydrogen-bond donors (Lipinski definition) is 2. The van der Waals surface area contributed by atoms with Crippen LogP contribution in [0.3, 0.4) is 0 Å². The van der Waals surface area contributed by atoms with E-state index in [0.29, 0.717) is 28.0 Å². The van der Waals surface area contributed by atoms with E-state index in [1.54, 1.807) is 36.3 Å². The molecule has 2 N–H and O–H groups in total. The zero-order valence-electron chi connectivity index (χ0n) is 11.7. The molecule has 2 rings (SSSR count). The highest BCUT2D eigenvalue weighted by molar-refractivity contribution is 7.98. The summed E-state index contributed by atoms with van der Waals surface area (Å²) >= 11 is 12.8. The third-order valence-electron chi connectivity index (χ3n) is 2.78. The number of pyridine rings is 1. The molecular weight excluding hydrogens is 341 g/mol. The van der Waals surface area contributed by atoms with Crippen LogP contribution in [-0.2, 0) is 5.75 Å². The smallest absolute Gasteiger partial charge is 0.170 e. The summed E-state index contributed by atoms with van der Waals surface area (Å²) in [7, 11) is 0. The van der Waals surface area contributed by atoms with Crippen molar-refractivity contribution in [1.29, 1.82) is 0 Å². The summed E-state index contributed by atoms with van der Waals surface area (Å²) in [6.45, 7) is 0.688. The van der Waals surface area contributed by atoms with Crippen molar-refractivity contribution in [2.45, 2.75) is 5.75 Å². The van der Waals surface area contributed by atoms with Crippen molar-refractivity contribution >= 4 is 46.4 Å². The van der Waals surface area contributed by atoms with E-state index in [-0.39, 0.29) is 5.82 Å². The number of hydrogen-bond acceptors (Lipinski definition) is 3. The summed E-state index contributed by atoms with van der Waals surface area (Å²) in [6.07, 6.45) is 3.39. The quantitative estimate of drug-likeness (QED) is 0.603. The summed E-state index contributed by atoms with van der Waals surface area (Å²) in [6, 6.07) is 8.41. The van der Waals surface area contributed by atoms with Gasteiger partial charge in [0.25, 0.3) is 0 Å². The fourth-order valence-corrected chi connectivity index (χ4v) is 3.11. The second-order valence-corrected chi connectivity index (χ2v) is 6.29. The van der Waals surface area contributed by atoms with Crippen LogP contribution in [0.1, 0.15) is 5.56 Å². The van der Waals surface area contributed by atoms with Crippen molar-refractivity contribution in [2.75, 3.05) is 17.6 Å². The largest absolute Gasteiger partial charge is 0.362 e. The van der Waals surface area contributed by atoms with Crippen LogP contribution in [0, 0.1) is 5.82 Å². The van der Waals surface area contributed by atoms with Gasteiger partial charge >= 0.3 is 0 Å². The van der Waals surface area contributed by atoms with Gasteiger partial charge in [-0.1, -0.05) is 17.7 Å². The average molecular weight is 356 g/mol. The number of anilines is 1. The molecule has 0 unspecified atom stereocenters. The molecule has 1 aromatic carbocycles. The number of thioether (sulfide) groups is 1. The maximum Gasteiger partial charge on any atom is 0.170 e. The van der Waals surface area contributed by atoms with Crippen molar-refractivity contribution in [3.05, 3.63) is 59.1 Å². The first-order valence-corrected chi connectivity index (χ1v) is 8.56. The Hall–Kier alpha value is -1.37. The van der Waals surface area contributed by atoms with Crippen LogP contribution in [-0.4, -0.2) is 22.4 Å². The van der Waals surface area contributed by atoms with E-state index < -0.39 is 0 Å². The highest BCUT2D eigenvalue weighted by atomic mass is 35.5. The molecule has 0 atom stereocenters. The summed E-state index contributed by atoms with van der Waals surface area (Å²) in [4.78, 5) is 3.93. The molecule has 0 fully saturated rings. The number of rotatable bonds is 6. The minimum atomic E-state index is -0.261. The zero-order chi connectivity index (χ0) is 15.8. The van der Waals surface area contributed by atoms with Gasteiger partial charge in [0.1, 0.15) is 5.82 Å². The summed E-state index contributed by atoms with van der Waals surface area (Å²) in [5, 5.41) is 7.18. The number of benzene rings is 1. The maximum absolute atomic E-state index is 13.6. The lowest BCUT2D eigenvalue weighted by molar-refractivity contribution is 0.617. The standard InChI is InChI=1S/C15H15ClFN3S2/c16-13-2-1-3-14(17)12(13)10-22-9-8-19-15(21)20-11-4-6-18-7-5-11/h1-7H,8-10H2,(H2,18,19,20,21). The Morgan fingerprint density at radius 1 is 1.27 bits per heavy atom. The molecule has 0 aliphatic rings. The van der Waals surface area contributed by atoms with Crippen LogP contribution in [0.25, 0.3) is 0 Å². The molecule has 0 saturated heterocycles. The van der Waals surface area contributed by atoms with E-state index in [0.717, 1.165) is 11.4 Å². The van der Waals surface area contributed by atoms with Crippen molar-refractivity contribution in [3.63, 3.8) is 0 Å². The molecule has 0 aliphatic carbocycles. The van der Waals surface area contributed by atoms with Gasteiger partial charge in [-0.3, -0.25) is 4.98 Å². The van der Waals surface area contributed by atoms with Gasteiger partial charge in [-0.2, -0.15) is 11.8 Å². The summed E-state index contributed by atoms with van der Waals surface area (Å²) < 4.78 is 13.6. The van der Waals surface area contributed by atoms with Crippen LogP contribution in [0.4, 0.5) is 10.1 Å².